The van der Waals surface area contributed by atoms with Gasteiger partial charge in [0.25, 0.3) is 0 Å². The molecule has 1 aromatic heterocycles. The summed E-state index contributed by atoms with van der Waals surface area (Å²) in [5.41, 5.74) is 8.15. The molecule has 0 atom stereocenters. The molecule has 0 fully saturated rings. The lowest BCUT2D eigenvalue weighted by Crippen LogP contribution is -1.84. The van der Waals surface area contributed by atoms with Crippen LogP contribution in [-0.4, -0.2) is 0 Å². The van der Waals surface area contributed by atoms with Gasteiger partial charge in [0, 0.05) is 4.88 Å². The third kappa shape index (κ3) is 3.52. The van der Waals surface area contributed by atoms with Crippen molar-refractivity contribution < 1.29 is 0 Å². The molecule has 1 heterocycles. The van der Waals surface area contributed by atoms with Crippen molar-refractivity contribution in [1.29, 1.82) is 0 Å². The predicted molar refractivity (Wildman–Crippen MR) is 109 cm³/mol. The molecule has 0 saturated heterocycles. The minimum absolute atomic E-state index is 0.544. The summed E-state index contributed by atoms with van der Waals surface area (Å²) in [7, 11) is 0. The molecule has 2 aliphatic rings. The lowest BCUT2D eigenvalue weighted by atomic mass is 10.0. The maximum atomic E-state index is 2.36. The third-order valence-corrected chi connectivity index (χ3v) is 5.28. The van der Waals surface area contributed by atoms with E-state index >= 15 is 0 Å². The Morgan fingerprint density at radius 1 is 0.917 bits per heavy atom. The molecule has 1 heteroatoms. The fraction of sp³-hybridized carbons (Fsp3) is 0.217. The monoisotopic (exact) mass is 332 g/mol. The van der Waals surface area contributed by atoms with Gasteiger partial charge in [-0.3, -0.25) is 0 Å². The van der Waals surface area contributed by atoms with E-state index in [0.717, 1.165) is 0 Å². The van der Waals surface area contributed by atoms with Gasteiger partial charge in [-0.25, -0.2) is 0 Å². The molecule has 3 rings (SSSR count). The second-order valence-electron chi connectivity index (χ2n) is 6.62. The third-order valence-electron chi connectivity index (χ3n) is 4.44. The van der Waals surface area contributed by atoms with Crippen molar-refractivity contribution in [3.63, 3.8) is 0 Å². The van der Waals surface area contributed by atoms with Crippen molar-refractivity contribution in [3.8, 4) is 11.1 Å². The molecule has 0 unspecified atom stereocenters. The Balaban J connectivity index is 1.96. The fourth-order valence-electron chi connectivity index (χ4n) is 3.07. The molecule has 0 bridgehead atoms. The number of aryl methyl sites for hydroxylation is 2. The van der Waals surface area contributed by atoms with E-state index in [1.807, 2.05) is 0 Å². The summed E-state index contributed by atoms with van der Waals surface area (Å²) in [6.07, 6.45) is 8.64. The summed E-state index contributed by atoms with van der Waals surface area (Å²) in [5, 5.41) is 2.10. The molecule has 2 aliphatic carbocycles. The summed E-state index contributed by atoms with van der Waals surface area (Å²) >= 11 is 1.76. The molecule has 0 aromatic carbocycles. The SMILES string of the molecule is Cc1cc(/C=C\C=C\c2cccs2)c2c(C)ccc(C(C)C)cc1-2. The van der Waals surface area contributed by atoms with Gasteiger partial charge < -0.3 is 0 Å². The number of allylic oxidation sites excluding steroid dienone is 2. The first-order chi connectivity index (χ1) is 11.6. The molecule has 0 radical (unpaired) electrons. The quantitative estimate of drug-likeness (QED) is 0.439. The van der Waals surface area contributed by atoms with Crippen LogP contribution in [-0.2, 0) is 0 Å². The normalized spacial score (nSPS) is 12.2. The van der Waals surface area contributed by atoms with Crippen LogP contribution in [0.3, 0.4) is 0 Å². The van der Waals surface area contributed by atoms with E-state index in [2.05, 4.69) is 93.8 Å². The summed E-state index contributed by atoms with van der Waals surface area (Å²) < 4.78 is 0. The topological polar surface area (TPSA) is 0 Å². The van der Waals surface area contributed by atoms with E-state index in [4.69, 9.17) is 0 Å². The van der Waals surface area contributed by atoms with Crippen molar-refractivity contribution in [2.75, 3.05) is 0 Å². The standard InChI is InChI=1S/C23H24S/c1-16(2)19-12-11-17(3)23-20(14-18(4)22(23)15-19)8-5-6-9-21-10-7-13-24-21/h5-16H,1-4H3/b8-5-,9-6+. The Kier molecular flexibility index (Phi) is 5.01. The van der Waals surface area contributed by atoms with Gasteiger partial charge in [-0.2, -0.15) is 0 Å². The van der Waals surface area contributed by atoms with Gasteiger partial charge in [0.15, 0.2) is 0 Å². The minimum atomic E-state index is 0.544. The second kappa shape index (κ2) is 7.19. The molecule has 122 valence electrons. The molecule has 0 saturated carbocycles. The highest BCUT2D eigenvalue weighted by atomic mass is 32.1. The van der Waals surface area contributed by atoms with Crippen LogP contribution in [0.15, 0.2) is 53.9 Å². The van der Waals surface area contributed by atoms with Crippen LogP contribution < -0.4 is 0 Å². The lowest BCUT2D eigenvalue weighted by Gasteiger charge is -2.04. The molecule has 0 nitrogen and oxygen atoms in total. The van der Waals surface area contributed by atoms with E-state index in [9.17, 15) is 0 Å². The predicted octanol–water partition coefficient (Wildman–Crippen LogP) is 7.32. The average Bonchev–Trinajstić information content (AvgIpc) is 3.11. The smallest absolute Gasteiger partial charge is 0.0270 e. The number of hydrogen-bond acceptors (Lipinski definition) is 1. The van der Waals surface area contributed by atoms with Crippen molar-refractivity contribution in [2.45, 2.75) is 33.6 Å². The zero-order valence-electron chi connectivity index (χ0n) is 14.8. The fourth-order valence-corrected chi connectivity index (χ4v) is 3.70. The Labute approximate surface area is 149 Å². The van der Waals surface area contributed by atoms with Crippen LogP contribution in [0.2, 0.25) is 0 Å². The van der Waals surface area contributed by atoms with Gasteiger partial charge in [-0.1, -0.05) is 62.4 Å². The second-order valence-corrected chi connectivity index (χ2v) is 7.60. The highest BCUT2D eigenvalue weighted by Crippen LogP contribution is 2.36. The van der Waals surface area contributed by atoms with Crippen LogP contribution in [0, 0.1) is 13.8 Å². The Bertz CT molecular complexity index is 848. The average molecular weight is 333 g/mol. The Hall–Kier alpha value is -2.12. The van der Waals surface area contributed by atoms with E-state index in [1.54, 1.807) is 11.3 Å². The van der Waals surface area contributed by atoms with E-state index in [0.29, 0.717) is 5.92 Å². The molecular weight excluding hydrogens is 308 g/mol. The van der Waals surface area contributed by atoms with Crippen LogP contribution in [0.25, 0.3) is 23.3 Å². The summed E-state index contributed by atoms with van der Waals surface area (Å²) in [6, 6.07) is 13.4. The van der Waals surface area contributed by atoms with Gasteiger partial charge in [0.05, 0.1) is 0 Å². The van der Waals surface area contributed by atoms with E-state index < -0.39 is 0 Å². The highest BCUT2D eigenvalue weighted by molar-refractivity contribution is 7.10. The summed E-state index contributed by atoms with van der Waals surface area (Å²) in [5.74, 6) is 0.544. The minimum Gasteiger partial charge on any atom is -0.144 e. The van der Waals surface area contributed by atoms with E-state index in [-0.39, 0.29) is 0 Å². The van der Waals surface area contributed by atoms with Crippen LogP contribution in [0.5, 0.6) is 0 Å². The van der Waals surface area contributed by atoms with Crippen LogP contribution in [0.4, 0.5) is 0 Å². The Morgan fingerprint density at radius 2 is 1.71 bits per heavy atom. The summed E-state index contributed by atoms with van der Waals surface area (Å²) in [6.45, 7) is 8.94. The molecule has 0 spiro atoms. The van der Waals surface area contributed by atoms with Crippen molar-refractivity contribution in [2.24, 2.45) is 0 Å². The molecular formula is C23H24S. The van der Waals surface area contributed by atoms with Crippen LogP contribution >= 0.6 is 11.3 Å². The zero-order chi connectivity index (χ0) is 17.1. The van der Waals surface area contributed by atoms with Gasteiger partial charge in [0.2, 0.25) is 0 Å². The van der Waals surface area contributed by atoms with Crippen molar-refractivity contribution in [3.05, 3.63) is 81.1 Å². The summed E-state index contributed by atoms with van der Waals surface area (Å²) in [4.78, 5) is 1.28. The lowest BCUT2D eigenvalue weighted by molar-refractivity contribution is 0.868. The van der Waals surface area contributed by atoms with Crippen LogP contribution in [0.1, 0.15) is 46.9 Å². The number of rotatable bonds is 4. The van der Waals surface area contributed by atoms with E-state index in [1.165, 1.54) is 38.3 Å². The molecule has 24 heavy (non-hydrogen) atoms. The first kappa shape index (κ1) is 16.7. The Morgan fingerprint density at radius 3 is 2.42 bits per heavy atom. The first-order valence-corrected chi connectivity index (χ1v) is 9.36. The number of fused-ring (bicyclic) bond motifs is 1. The van der Waals surface area contributed by atoms with Gasteiger partial charge in [-0.05, 0) is 70.7 Å². The van der Waals surface area contributed by atoms with Crippen molar-refractivity contribution in [1.82, 2.24) is 0 Å². The zero-order valence-corrected chi connectivity index (χ0v) is 15.7. The molecule has 0 amide bonds. The number of hydrogen-bond donors (Lipinski definition) is 0. The van der Waals surface area contributed by atoms with Gasteiger partial charge >= 0.3 is 0 Å². The van der Waals surface area contributed by atoms with Gasteiger partial charge in [-0.15, -0.1) is 11.3 Å². The maximum absolute atomic E-state index is 2.36. The largest absolute Gasteiger partial charge is 0.144 e. The number of thiophene rings is 1. The molecule has 0 N–H and O–H groups in total. The molecule has 1 aromatic rings. The first-order valence-electron chi connectivity index (χ1n) is 8.48. The van der Waals surface area contributed by atoms with Crippen molar-refractivity contribution >= 4 is 23.5 Å². The van der Waals surface area contributed by atoms with Gasteiger partial charge in [0.1, 0.15) is 0 Å². The molecule has 0 aliphatic heterocycles. The maximum Gasteiger partial charge on any atom is 0.0270 e. The highest BCUT2D eigenvalue weighted by Gasteiger charge is 2.14.